The van der Waals surface area contributed by atoms with Crippen LogP contribution in [0.4, 0.5) is 0 Å². The van der Waals surface area contributed by atoms with Crippen LogP contribution in [0, 0.1) is 0 Å². The smallest absolute Gasteiger partial charge is 0.176 e. The quantitative estimate of drug-likeness (QED) is 0.438. The number of nitrogens with one attached hydrogen (secondary N) is 1. The third kappa shape index (κ3) is 4.25. The Labute approximate surface area is 170 Å². The zero-order chi connectivity index (χ0) is 20.1. The summed E-state index contributed by atoms with van der Waals surface area (Å²) in [4.78, 5) is 4.35. The maximum absolute atomic E-state index is 6.12. The zero-order valence-corrected chi connectivity index (χ0v) is 16.6. The number of methoxy groups -OCH3 is 2. The molecule has 148 valence electrons. The summed E-state index contributed by atoms with van der Waals surface area (Å²) >= 11 is 0. The molecule has 0 aliphatic carbocycles. The molecular weight excluding hydrogens is 364 g/mol. The Hall–Kier alpha value is -3.31. The molecule has 0 aliphatic rings. The molecule has 0 saturated heterocycles. The first-order valence-electron chi connectivity index (χ1n) is 9.63. The fourth-order valence-electron chi connectivity index (χ4n) is 3.41. The van der Waals surface area contributed by atoms with E-state index in [1.807, 2.05) is 60.8 Å². The van der Waals surface area contributed by atoms with Gasteiger partial charge in [0.25, 0.3) is 0 Å². The van der Waals surface area contributed by atoms with Gasteiger partial charge in [-0.1, -0.05) is 18.2 Å². The fraction of sp³-hybridized carbons (Fsp3) is 0.208. The maximum atomic E-state index is 6.12. The third-order valence-corrected chi connectivity index (χ3v) is 4.85. The summed E-state index contributed by atoms with van der Waals surface area (Å²) in [6.45, 7) is 1.60. The van der Waals surface area contributed by atoms with Gasteiger partial charge >= 0.3 is 0 Å². The Morgan fingerprint density at radius 2 is 1.76 bits per heavy atom. The van der Waals surface area contributed by atoms with E-state index in [2.05, 4.69) is 16.4 Å². The molecule has 29 heavy (non-hydrogen) atoms. The van der Waals surface area contributed by atoms with E-state index in [1.165, 1.54) is 0 Å². The van der Waals surface area contributed by atoms with Crippen molar-refractivity contribution in [1.82, 2.24) is 10.3 Å². The highest BCUT2D eigenvalue weighted by molar-refractivity contribution is 5.89. The zero-order valence-electron chi connectivity index (χ0n) is 16.6. The number of pyridine rings is 1. The van der Waals surface area contributed by atoms with Gasteiger partial charge in [-0.25, -0.2) is 0 Å². The molecule has 0 radical (unpaired) electrons. The molecule has 2 aromatic carbocycles. The van der Waals surface area contributed by atoms with Gasteiger partial charge in [0.15, 0.2) is 11.3 Å². The molecule has 0 aliphatic heterocycles. The monoisotopic (exact) mass is 388 g/mol. The van der Waals surface area contributed by atoms with Crippen molar-refractivity contribution < 1.29 is 13.9 Å². The van der Waals surface area contributed by atoms with Crippen LogP contribution >= 0.6 is 0 Å². The second kappa shape index (κ2) is 8.80. The van der Waals surface area contributed by atoms with Crippen LogP contribution in [0.2, 0.25) is 0 Å². The average molecular weight is 388 g/mol. The van der Waals surface area contributed by atoms with Crippen LogP contribution < -0.4 is 14.8 Å². The first-order chi connectivity index (χ1) is 14.3. The summed E-state index contributed by atoms with van der Waals surface area (Å²) in [6.07, 6.45) is 2.72. The lowest BCUT2D eigenvalue weighted by Gasteiger charge is -2.07. The Morgan fingerprint density at radius 3 is 2.55 bits per heavy atom. The van der Waals surface area contributed by atoms with Crippen LogP contribution in [-0.2, 0) is 13.0 Å². The van der Waals surface area contributed by atoms with E-state index in [1.54, 1.807) is 14.2 Å². The van der Waals surface area contributed by atoms with Crippen LogP contribution in [0.25, 0.3) is 22.3 Å². The Morgan fingerprint density at radius 1 is 0.931 bits per heavy atom. The molecule has 0 spiro atoms. The minimum atomic E-state index is 0.727. The maximum Gasteiger partial charge on any atom is 0.176 e. The van der Waals surface area contributed by atoms with Crippen molar-refractivity contribution in [3.05, 3.63) is 78.1 Å². The molecule has 0 saturated carbocycles. The largest absolute Gasteiger partial charge is 0.496 e. The van der Waals surface area contributed by atoms with E-state index in [0.717, 1.165) is 64.6 Å². The molecule has 1 N–H and O–H groups in total. The van der Waals surface area contributed by atoms with E-state index in [-0.39, 0.29) is 0 Å². The van der Waals surface area contributed by atoms with Gasteiger partial charge in [0.05, 0.1) is 19.8 Å². The number of hydrogen-bond acceptors (Lipinski definition) is 5. The van der Waals surface area contributed by atoms with Gasteiger partial charge in [-0.05, 0) is 48.0 Å². The number of benzene rings is 2. The molecule has 2 aromatic heterocycles. The summed E-state index contributed by atoms with van der Waals surface area (Å²) in [5.74, 6) is 2.27. The van der Waals surface area contributed by atoms with Gasteiger partial charge in [0.2, 0.25) is 0 Å². The standard InChI is InChI=1S/C24H24N2O3/c1-27-21-9-4-3-8-20(21)22-15-18-13-17(14-23(28-2)24(18)29-22)16-25-12-10-19-7-5-6-11-26-19/h3-9,11,13-15,25H,10,12,16H2,1-2H3. The molecule has 0 bridgehead atoms. The van der Waals surface area contributed by atoms with Crippen LogP contribution in [0.15, 0.2) is 71.3 Å². The SMILES string of the molecule is COc1ccccc1-c1cc2cc(CNCCc3ccccn3)cc(OC)c2o1. The molecule has 0 unspecified atom stereocenters. The predicted molar refractivity (Wildman–Crippen MR) is 114 cm³/mol. The van der Waals surface area contributed by atoms with Crippen LogP contribution in [0.3, 0.4) is 0 Å². The van der Waals surface area contributed by atoms with Crippen molar-refractivity contribution in [3.8, 4) is 22.8 Å². The summed E-state index contributed by atoms with van der Waals surface area (Å²) in [5, 5.41) is 4.48. The summed E-state index contributed by atoms with van der Waals surface area (Å²) in [6, 6.07) is 20.0. The molecule has 0 amide bonds. The topological polar surface area (TPSA) is 56.5 Å². The van der Waals surface area contributed by atoms with Crippen molar-refractivity contribution in [2.45, 2.75) is 13.0 Å². The number of furan rings is 1. The van der Waals surface area contributed by atoms with Crippen molar-refractivity contribution in [2.24, 2.45) is 0 Å². The number of nitrogens with zero attached hydrogens (tertiary/aromatic N) is 1. The second-order valence-electron chi connectivity index (χ2n) is 6.78. The number of rotatable bonds is 8. The molecule has 0 fully saturated rings. The molecule has 5 heteroatoms. The molecule has 5 nitrogen and oxygen atoms in total. The van der Waals surface area contributed by atoms with Gasteiger partial charge < -0.3 is 19.2 Å². The van der Waals surface area contributed by atoms with E-state index in [9.17, 15) is 0 Å². The average Bonchev–Trinajstić information content (AvgIpc) is 3.21. The van der Waals surface area contributed by atoms with Crippen molar-refractivity contribution in [2.75, 3.05) is 20.8 Å². The predicted octanol–water partition coefficient (Wildman–Crippen LogP) is 4.84. The summed E-state index contributed by atoms with van der Waals surface area (Å²) in [5.41, 5.74) is 3.89. The Balaban J connectivity index is 1.53. The Bertz CT molecular complexity index is 1090. The highest BCUT2D eigenvalue weighted by Crippen LogP contribution is 2.37. The lowest BCUT2D eigenvalue weighted by molar-refractivity contribution is 0.408. The van der Waals surface area contributed by atoms with E-state index < -0.39 is 0 Å². The first kappa shape index (κ1) is 19.0. The Kier molecular flexibility index (Phi) is 5.77. The van der Waals surface area contributed by atoms with Gasteiger partial charge in [-0.3, -0.25) is 4.98 Å². The molecule has 4 aromatic rings. The minimum Gasteiger partial charge on any atom is -0.496 e. The summed E-state index contributed by atoms with van der Waals surface area (Å²) < 4.78 is 17.2. The van der Waals surface area contributed by atoms with Crippen LogP contribution in [0.5, 0.6) is 11.5 Å². The summed E-state index contributed by atoms with van der Waals surface area (Å²) in [7, 11) is 3.33. The number of aromatic nitrogens is 1. The van der Waals surface area contributed by atoms with E-state index >= 15 is 0 Å². The van der Waals surface area contributed by atoms with Crippen molar-refractivity contribution >= 4 is 11.0 Å². The second-order valence-corrected chi connectivity index (χ2v) is 6.78. The fourth-order valence-corrected chi connectivity index (χ4v) is 3.41. The van der Waals surface area contributed by atoms with Gasteiger partial charge in [0, 0.05) is 36.8 Å². The van der Waals surface area contributed by atoms with Crippen molar-refractivity contribution in [3.63, 3.8) is 0 Å². The molecule has 0 atom stereocenters. The lowest BCUT2D eigenvalue weighted by Crippen LogP contribution is -2.17. The normalized spacial score (nSPS) is 11.0. The van der Waals surface area contributed by atoms with E-state index in [4.69, 9.17) is 13.9 Å². The van der Waals surface area contributed by atoms with Gasteiger partial charge in [-0.2, -0.15) is 0 Å². The minimum absolute atomic E-state index is 0.727. The highest BCUT2D eigenvalue weighted by Gasteiger charge is 2.15. The first-order valence-corrected chi connectivity index (χ1v) is 9.63. The third-order valence-electron chi connectivity index (χ3n) is 4.85. The van der Waals surface area contributed by atoms with Crippen LogP contribution in [-0.4, -0.2) is 25.7 Å². The number of para-hydroxylation sites is 1. The molecule has 4 rings (SSSR count). The number of fused-ring (bicyclic) bond motifs is 1. The number of hydrogen-bond donors (Lipinski definition) is 1. The van der Waals surface area contributed by atoms with Gasteiger partial charge in [0.1, 0.15) is 11.5 Å². The van der Waals surface area contributed by atoms with Gasteiger partial charge in [-0.15, -0.1) is 0 Å². The highest BCUT2D eigenvalue weighted by atomic mass is 16.5. The molecule has 2 heterocycles. The van der Waals surface area contributed by atoms with Crippen LogP contribution in [0.1, 0.15) is 11.3 Å². The number of ether oxygens (including phenoxy) is 2. The molecular formula is C24H24N2O3. The van der Waals surface area contributed by atoms with Crippen molar-refractivity contribution in [1.29, 1.82) is 0 Å². The van der Waals surface area contributed by atoms with E-state index in [0.29, 0.717) is 0 Å². The lowest BCUT2D eigenvalue weighted by atomic mass is 10.1.